The summed E-state index contributed by atoms with van der Waals surface area (Å²) in [7, 11) is 0. The van der Waals surface area contributed by atoms with Crippen LogP contribution < -0.4 is 5.32 Å². The Morgan fingerprint density at radius 2 is 2.17 bits per heavy atom. The van der Waals surface area contributed by atoms with Crippen LogP contribution in [0, 0.1) is 6.92 Å². The summed E-state index contributed by atoms with van der Waals surface area (Å²) in [6.07, 6.45) is 1.99. The maximum absolute atomic E-state index is 5.32. The molecule has 0 radical (unpaired) electrons. The fourth-order valence-corrected chi connectivity index (χ4v) is 2.87. The fraction of sp³-hybridized carbons (Fsp3) is 0.500. The molecule has 5 nitrogen and oxygen atoms in total. The number of hydrogen-bond donors (Lipinski definition) is 1. The molecule has 0 atom stereocenters. The van der Waals surface area contributed by atoms with Gasteiger partial charge in [0.15, 0.2) is 0 Å². The zero-order chi connectivity index (χ0) is 11.4. The van der Waals surface area contributed by atoms with E-state index in [2.05, 4.69) is 15.2 Å². The van der Waals surface area contributed by atoms with Crippen LogP contribution in [0.2, 0.25) is 0 Å². The Balaban J connectivity index is 0.000001000. The number of fused-ring (bicyclic) bond motifs is 5. The lowest BCUT2D eigenvalue weighted by atomic mass is 9.99. The van der Waals surface area contributed by atoms with Gasteiger partial charge in [-0.25, -0.2) is 0 Å². The summed E-state index contributed by atoms with van der Waals surface area (Å²) in [5.74, 6) is 0.949. The number of nitrogens with one attached hydrogen (secondary N) is 1. The van der Waals surface area contributed by atoms with E-state index in [0.29, 0.717) is 0 Å². The number of nitrogens with zero attached hydrogens (tertiary/aromatic N) is 3. The molecule has 0 unspecified atom stereocenters. The van der Waals surface area contributed by atoms with Gasteiger partial charge in [0.25, 0.3) is 0 Å². The van der Waals surface area contributed by atoms with E-state index in [9.17, 15) is 0 Å². The van der Waals surface area contributed by atoms with Gasteiger partial charge in [0.1, 0.15) is 11.5 Å². The summed E-state index contributed by atoms with van der Waals surface area (Å²) in [6.45, 7) is 4.85. The number of aryl methyl sites for hydroxylation is 2. The van der Waals surface area contributed by atoms with Crippen LogP contribution in [-0.4, -0.2) is 21.5 Å². The summed E-state index contributed by atoms with van der Waals surface area (Å²) in [4.78, 5) is 0. The number of rotatable bonds is 0. The van der Waals surface area contributed by atoms with Crippen molar-refractivity contribution in [2.45, 2.75) is 32.9 Å². The first kappa shape index (κ1) is 11.7. The maximum Gasteiger partial charge on any atom is 0.137 e. The van der Waals surface area contributed by atoms with Crippen LogP contribution in [0.3, 0.4) is 0 Å². The third-order valence-electron chi connectivity index (χ3n) is 3.76. The molecule has 0 spiro atoms. The summed E-state index contributed by atoms with van der Waals surface area (Å²) < 4.78 is 7.42. The van der Waals surface area contributed by atoms with Gasteiger partial charge in [-0.1, -0.05) is 5.16 Å². The van der Waals surface area contributed by atoms with Gasteiger partial charge in [0.05, 0.1) is 11.4 Å². The fourth-order valence-electron chi connectivity index (χ4n) is 2.87. The Morgan fingerprint density at radius 1 is 1.28 bits per heavy atom. The molecule has 2 aromatic heterocycles. The third kappa shape index (κ3) is 1.44. The first-order valence-corrected chi connectivity index (χ1v) is 6.09. The predicted octanol–water partition coefficient (Wildman–Crippen LogP) is 1.47. The average Bonchev–Trinajstić information content (AvgIpc) is 2.90. The highest BCUT2D eigenvalue weighted by atomic mass is 35.5. The summed E-state index contributed by atoms with van der Waals surface area (Å²) >= 11 is 0. The molecule has 6 heteroatoms. The smallest absolute Gasteiger partial charge is 0.137 e. The second kappa shape index (κ2) is 4.10. The van der Waals surface area contributed by atoms with Crippen LogP contribution in [0.15, 0.2) is 4.52 Å². The van der Waals surface area contributed by atoms with Crippen molar-refractivity contribution in [1.82, 2.24) is 20.3 Å². The molecule has 0 aromatic carbocycles. The van der Waals surface area contributed by atoms with Crippen molar-refractivity contribution < 1.29 is 4.52 Å². The second-order valence-corrected chi connectivity index (χ2v) is 4.74. The SMILES string of the molecule is Cc1onc2c1CCn1nc3c(c1-2)CNCC3.Cl. The van der Waals surface area contributed by atoms with E-state index in [0.717, 1.165) is 43.9 Å². The van der Waals surface area contributed by atoms with Gasteiger partial charge in [-0.2, -0.15) is 5.10 Å². The van der Waals surface area contributed by atoms with Crippen LogP contribution in [0.4, 0.5) is 0 Å². The molecule has 0 aliphatic carbocycles. The summed E-state index contributed by atoms with van der Waals surface area (Å²) in [5, 5.41) is 12.3. The average molecular weight is 267 g/mol. The van der Waals surface area contributed by atoms with Crippen molar-refractivity contribution in [2.24, 2.45) is 0 Å². The molecular formula is C12H15ClN4O. The quantitative estimate of drug-likeness (QED) is 0.785. The van der Waals surface area contributed by atoms with E-state index >= 15 is 0 Å². The van der Waals surface area contributed by atoms with Gasteiger partial charge in [-0.3, -0.25) is 4.68 Å². The van der Waals surface area contributed by atoms with E-state index in [-0.39, 0.29) is 12.4 Å². The molecule has 1 N–H and O–H groups in total. The van der Waals surface area contributed by atoms with Crippen LogP contribution in [0.5, 0.6) is 0 Å². The predicted molar refractivity (Wildman–Crippen MR) is 68.8 cm³/mol. The number of hydrogen-bond acceptors (Lipinski definition) is 4. The van der Waals surface area contributed by atoms with Crippen LogP contribution >= 0.6 is 12.4 Å². The maximum atomic E-state index is 5.32. The molecule has 0 amide bonds. The Labute approximate surface area is 111 Å². The van der Waals surface area contributed by atoms with E-state index in [4.69, 9.17) is 9.62 Å². The molecule has 2 aliphatic rings. The van der Waals surface area contributed by atoms with Gasteiger partial charge in [0, 0.05) is 37.2 Å². The zero-order valence-electron chi connectivity index (χ0n) is 10.2. The van der Waals surface area contributed by atoms with E-state index in [1.54, 1.807) is 0 Å². The molecule has 96 valence electrons. The summed E-state index contributed by atoms with van der Waals surface area (Å²) in [6, 6.07) is 0. The Kier molecular flexibility index (Phi) is 2.68. The highest BCUT2D eigenvalue weighted by molar-refractivity contribution is 5.85. The Morgan fingerprint density at radius 3 is 3.06 bits per heavy atom. The van der Waals surface area contributed by atoms with Gasteiger partial charge in [0.2, 0.25) is 0 Å². The normalized spacial score (nSPS) is 16.5. The Bertz CT molecular complexity index is 601. The van der Waals surface area contributed by atoms with Crippen molar-refractivity contribution in [1.29, 1.82) is 0 Å². The lowest BCUT2D eigenvalue weighted by Gasteiger charge is -2.15. The Hall–Kier alpha value is -1.33. The van der Waals surface area contributed by atoms with E-state index in [1.165, 1.54) is 22.5 Å². The lowest BCUT2D eigenvalue weighted by Crippen LogP contribution is -2.23. The highest BCUT2D eigenvalue weighted by Crippen LogP contribution is 2.35. The van der Waals surface area contributed by atoms with Crippen molar-refractivity contribution in [3.8, 4) is 11.4 Å². The van der Waals surface area contributed by atoms with Gasteiger partial charge >= 0.3 is 0 Å². The van der Waals surface area contributed by atoms with Crippen molar-refractivity contribution >= 4 is 12.4 Å². The largest absolute Gasteiger partial charge is 0.361 e. The number of aromatic nitrogens is 3. The van der Waals surface area contributed by atoms with Crippen molar-refractivity contribution in [3.05, 3.63) is 22.6 Å². The molecule has 0 bridgehead atoms. The molecule has 0 saturated heterocycles. The first-order chi connectivity index (χ1) is 8.34. The zero-order valence-corrected chi connectivity index (χ0v) is 11.0. The van der Waals surface area contributed by atoms with E-state index in [1.807, 2.05) is 6.92 Å². The van der Waals surface area contributed by atoms with Crippen LogP contribution in [0.25, 0.3) is 11.4 Å². The molecule has 2 aliphatic heterocycles. The van der Waals surface area contributed by atoms with Gasteiger partial charge in [-0.15, -0.1) is 12.4 Å². The minimum absolute atomic E-state index is 0. The van der Waals surface area contributed by atoms with Crippen molar-refractivity contribution in [3.63, 3.8) is 0 Å². The van der Waals surface area contributed by atoms with Crippen molar-refractivity contribution in [2.75, 3.05) is 6.54 Å². The summed E-state index contributed by atoms with van der Waals surface area (Å²) in [5.41, 5.74) is 5.97. The molecular weight excluding hydrogens is 252 g/mol. The van der Waals surface area contributed by atoms with Gasteiger partial charge in [-0.05, 0) is 13.3 Å². The lowest BCUT2D eigenvalue weighted by molar-refractivity contribution is 0.398. The first-order valence-electron chi connectivity index (χ1n) is 6.09. The number of halogens is 1. The molecule has 18 heavy (non-hydrogen) atoms. The minimum Gasteiger partial charge on any atom is -0.361 e. The van der Waals surface area contributed by atoms with Crippen LogP contribution in [-0.2, 0) is 25.9 Å². The molecule has 2 aromatic rings. The topological polar surface area (TPSA) is 55.9 Å². The van der Waals surface area contributed by atoms with Crippen LogP contribution in [0.1, 0.15) is 22.6 Å². The molecule has 4 heterocycles. The minimum atomic E-state index is 0. The molecule has 0 saturated carbocycles. The standard InChI is InChI=1S/C12H14N4O.ClH/c1-7-8-3-5-16-12(11(8)15-17-7)9-6-13-4-2-10(9)14-16;/h13H,2-6H2,1H3;1H. The highest BCUT2D eigenvalue weighted by Gasteiger charge is 2.29. The van der Waals surface area contributed by atoms with Gasteiger partial charge < -0.3 is 9.84 Å². The molecule has 0 fully saturated rings. The van der Waals surface area contributed by atoms with E-state index < -0.39 is 0 Å². The molecule has 4 rings (SSSR count). The second-order valence-electron chi connectivity index (χ2n) is 4.74. The monoisotopic (exact) mass is 266 g/mol. The third-order valence-corrected chi connectivity index (χ3v) is 3.76.